The highest BCUT2D eigenvalue weighted by Crippen LogP contribution is 2.30. The maximum atomic E-state index is 12.8. The molecule has 0 aromatic heterocycles. The Morgan fingerprint density at radius 2 is 1.93 bits per heavy atom. The molecule has 1 saturated heterocycles. The van der Waals surface area contributed by atoms with E-state index in [-0.39, 0.29) is 11.9 Å². The summed E-state index contributed by atoms with van der Waals surface area (Å²) in [4.78, 5) is 27.1. The smallest absolute Gasteiger partial charge is 0.321 e. The predicted octanol–water partition coefficient (Wildman–Crippen LogP) is 4.29. The molecule has 1 heterocycles. The van der Waals surface area contributed by atoms with E-state index in [1.54, 1.807) is 29.2 Å². The van der Waals surface area contributed by atoms with Crippen LogP contribution in [0.1, 0.15) is 25.3 Å². The van der Waals surface area contributed by atoms with Crippen molar-refractivity contribution in [2.45, 2.75) is 26.3 Å². The minimum atomic E-state index is -0.599. The molecule has 0 aliphatic carbocycles. The molecule has 1 atom stereocenters. The molecule has 0 radical (unpaired) electrons. The molecule has 27 heavy (non-hydrogen) atoms. The van der Waals surface area contributed by atoms with Crippen LogP contribution in [0.5, 0.6) is 0 Å². The third-order valence-corrected chi connectivity index (χ3v) is 5.14. The van der Waals surface area contributed by atoms with Gasteiger partial charge in [0.05, 0.1) is 5.41 Å². The summed E-state index contributed by atoms with van der Waals surface area (Å²) in [5.74, 6) is -0.0217. The second kappa shape index (κ2) is 8.44. The predicted molar refractivity (Wildman–Crippen MR) is 108 cm³/mol. The molecule has 1 fully saturated rings. The van der Waals surface area contributed by atoms with Crippen LogP contribution < -0.4 is 10.6 Å². The molecule has 6 heteroatoms. The van der Waals surface area contributed by atoms with E-state index in [9.17, 15) is 9.59 Å². The van der Waals surface area contributed by atoms with E-state index in [0.29, 0.717) is 30.3 Å². The largest absolute Gasteiger partial charge is 0.351 e. The maximum Gasteiger partial charge on any atom is 0.321 e. The van der Waals surface area contributed by atoms with E-state index < -0.39 is 5.41 Å². The highest BCUT2D eigenvalue weighted by molar-refractivity contribution is 6.30. The summed E-state index contributed by atoms with van der Waals surface area (Å²) in [7, 11) is 0. The normalized spacial score (nSPS) is 19.4. The van der Waals surface area contributed by atoms with Crippen molar-refractivity contribution in [3.63, 3.8) is 0 Å². The number of halogens is 1. The number of carbonyl (C=O) groups is 2. The Bertz CT molecular complexity index is 812. The molecule has 1 aliphatic heterocycles. The third-order valence-electron chi connectivity index (χ3n) is 4.90. The molecule has 0 unspecified atom stereocenters. The number of benzene rings is 2. The van der Waals surface area contributed by atoms with Crippen molar-refractivity contribution in [2.24, 2.45) is 5.41 Å². The molecule has 0 saturated carbocycles. The van der Waals surface area contributed by atoms with Crippen LogP contribution in [0.2, 0.25) is 5.02 Å². The lowest BCUT2D eigenvalue weighted by Crippen LogP contribution is -2.52. The molecule has 142 valence electrons. The van der Waals surface area contributed by atoms with Gasteiger partial charge in [-0.1, -0.05) is 48.0 Å². The Labute approximate surface area is 164 Å². The average molecular weight is 386 g/mol. The molecule has 2 N–H and O–H groups in total. The van der Waals surface area contributed by atoms with Gasteiger partial charge in [0.25, 0.3) is 0 Å². The van der Waals surface area contributed by atoms with Gasteiger partial charge in [-0.05, 0) is 43.5 Å². The van der Waals surface area contributed by atoms with Crippen LogP contribution in [0.4, 0.5) is 10.5 Å². The number of piperidine rings is 1. The van der Waals surface area contributed by atoms with Crippen molar-refractivity contribution in [1.29, 1.82) is 0 Å². The van der Waals surface area contributed by atoms with E-state index in [2.05, 4.69) is 10.6 Å². The lowest BCUT2D eigenvalue weighted by atomic mass is 9.81. The highest BCUT2D eigenvalue weighted by Gasteiger charge is 2.39. The van der Waals surface area contributed by atoms with Gasteiger partial charge in [-0.25, -0.2) is 4.79 Å². The first-order chi connectivity index (χ1) is 13.0. The van der Waals surface area contributed by atoms with Crippen LogP contribution in [-0.4, -0.2) is 29.9 Å². The number of rotatable bonds is 4. The third kappa shape index (κ3) is 5.01. The van der Waals surface area contributed by atoms with Crippen molar-refractivity contribution < 1.29 is 9.59 Å². The van der Waals surface area contributed by atoms with E-state index in [1.165, 1.54) is 0 Å². The number of amides is 3. The van der Waals surface area contributed by atoms with Gasteiger partial charge in [-0.2, -0.15) is 0 Å². The first-order valence-corrected chi connectivity index (χ1v) is 9.48. The fourth-order valence-electron chi connectivity index (χ4n) is 3.36. The van der Waals surface area contributed by atoms with E-state index >= 15 is 0 Å². The summed E-state index contributed by atoms with van der Waals surface area (Å²) in [5.41, 5.74) is 1.10. The van der Waals surface area contributed by atoms with Gasteiger partial charge in [-0.3, -0.25) is 4.79 Å². The average Bonchev–Trinajstić information content (AvgIpc) is 2.67. The summed E-state index contributed by atoms with van der Waals surface area (Å²) in [6.07, 6.45) is 1.55. The molecule has 3 amide bonds. The van der Waals surface area contributed by atoms with Gasteiger partial charge < -0.3 is 15.5 Å². The lowest BCUT2D eigenvalue weighted by molar-refractivity contribution is -0.132. The maximum absolute atomic E-state index is 12.8. The molecular weight excluding hydrogens is 362 g/mol. The minimum absolute atomic E-state index is 0.0217. The Kier molecular flexibility index (Phi) is 6.01. The number of nitrogens with one attached hydrogen (secondary N) is 2. The molecule has 5 nitrogen and oxygen atoms in total. The summed E-state index contributed by atoms with van der Waals surface area (Å²) in [6, 6.07) is 16.6. The number of hydrogen-bond donors (Lipinski definition) is 2. The van der Waals surface area contributed by atoms with Crippen LogP contribution in [0, 0.1) is 5.41 Å². The van der Waals surface area contributed by atoms with Gasteiger partial charge in [0.15, 0.2) is 0 Å². The topological polar surface area (TPSA) is 61.4 Å². The Balaban J connectivity index is 1.59. The van der Waals surface area contributed by atoms with Crippen molar-refractivity contribution in [2.75, 3.05) is 18.4 Å². The Hall–Kier alpha value is -2.53. The van der Waals surface area contributed by atoms with Gasteiger partial charge in [0.2, 0.25) is 5.91 Å². The number of carbonyl (C=O) groups excluding carboxylic acids is 2. The van der Waals surface area contributed by atoms with Gasteiger partial charge in [0.1, 0.15) is 0 Å². The Morgan fingerprint density at radius 3 is 2.67 bits per heavy atom. The first-order valence-electron chi connectivity index (χ1n) is 9.10. The zero-order valence-electron chi connectivity index (χ0n) is 15.4. The van der Waals surface area contributed by atoms with Crippen molar-refractivity contribution in [1.82, 2.24) is 10.2 Å². The summed E-state index contributed by atoms with van der Waals surface area (Å²) >= 11 is 5.97. The fourth-order valence-corrected chi connectivity index (χ4v) is 3.55. The summed E-state index contributed by atoms with van der Waals surface area (Å²) < 4.78 is 0. The van der Waals surface area contributed by atoms with E-state index in [0.717, 1.165) is 18.4 Å². The van der Waals surface area contributed by atoms with Crippen LogP contribution in [-0.2, 0) is 11.3 Å². The second-order valence-electron chi connectivity index (χ2n) is 7.19. The molecule has 2 aromatic rings. The molecule has 1 aliphatic rings. The van der Waals surface area contributed by atoms with Crippen molar-refractivity contribution in [3.05, 3.63) is 65.2 Å². The monoisotopic (exact) mass is 385 g/mol. The number of likely N-dealkylation sites (tertiary alicyclic amines) is 1. The van der Waals surface area contributed by atoms with Crippen molar-refractivity contribution >= 4 is 29.2 Å². The Morgan fingerprint density at radius 1 is 1.15 bits per heavy atom. The molecule has 3 rings (SSSR count). The summed E-state index contributed by atoms with van der Waals surface area (Å²) in [6.45, 7) is 3.43. The van der Waals surface area contributed by atoms with Gasteiger partial charge in [0, 0.05) is 30.3 Å². The van der Waals surface area contributed by atoms with Crippen molar-refractivity contribution in [3.8, 4) is 0 Å². The molecule has 0 bridgehead atoms. The SMILES string of the molecule is C[C@]1(C(=O)NCc2ccccc2)CCCN(C(=O)Nc2cccc(Cl)c2)C1. The van der Waals surface area contributed by atoms with Crippen LogP contribution in [0.25, 0.3) is 0 Å². The first kappa shape index (κ1) is 19.2. The highest BCUT2D eigenvalue weighted by atomic mass is 35.5. The number of hydrogen-bond acceptors (Lipinski definition) is 2. The molecular formula is C21H24ClN3O2. The quantitative estimate of drug-likeness (QED) is 0.824. The minimum Gasteiger partial charge on any atom is -0.351 e. The number of nitrogens with zero attached hydrogens (tertiary/aromatic N) is 1. The van der Waals surface area contributed by atoms with E-state index in [1.807, 2.05) is 37.3 Å². The number of anilines is 1. The fraction of sp³-hybridized carbons (Fsp3) is 0.333. The van der Waals surface area contributed by atoms with Crippen LogP contribution in [0.3, 0.4) is 0 Å². The molecule has 2 aromatic carbocycles. The van der Waals surface area contributed by atoms with Gasteiger partial charge in [-0.15, -0.1) is 0 Å². The summed E-state index contributed by atoms with van der Waals surface area (Å²) in [5, 5.41) is 6.44. The van der Waals surface area contributed by atoms with Crippen LogP contribution in [0.15, 0.2) is 54.6 Å². The zero-order chi connectivity index (χ0) is 19.3. The standard InChI is InChI=1S/C21H24ClN3O2/c1-21(19(26)23-14-16-7-3-2-4-8-16)11-6-12-25(15-21)20(27)24-18-10-5-9-17(22)13-18/h2-5,7-10,13H,6,11-12,14-15H2,1H3,(H,23,26)(H,24,27)/t21-/m0/s1. The van der Waals surface area contributed by atoms with Crippen LogP contribution >= 0.6 is 11.6 Å². The zero-order valence-corrected chi connectivity index (χ0v) is 16.1. The molecule has 0 spiro atoms. The number of urea groups is 1. The van der Waals surface area contributed by atoms with Gasteiger partial charge >= 0.3 is 6.03 Å². The lowest BCUT2D eigenvalue weighted by Gasteiger charge is -2.39. The van der Waals surface area contributed by atoms with E-state index in [4.69, 9.17) is 11.6 Å². The second-order valence-corrected chi connectivity index (χ2v) is 7.63.